The van der Waals surface area contributed by atoms with Crippen molar-refractivity contribution >= 4 is 11.9 Å². The highest BCUT2D eigenvalue weighted by atomic mass is 16.5. The Morgan fingerprint density at radius 1 is 1.21 bits per heavy atom. The van der Waals surface area contributed by atoms with Crippen LogP contribution in [0.4, 0.5) is 0 Å². The van der Waals surface area contributed by atoms with E-state index in [2.05, 4.69) is 9.47 Å². The van der Waals surface area contributed by atoms with Crippen LogP contribution in [0.3, 0.4) is 0 Å². The van der Waals surface area contributed by atoms with Gasteiger partial charge in [-0.05, 0) is 20.3 Å². The molecule has 0 saturated carbocycles. The van der Waals surface area contributed by atoms with Crippen LogP contribution in [0.5, 0.6) is 0 Å². The Labute approximate surface area is 83.0 Å². The molecule has 0 saturated heterocycles. The minimum atomic E-state index is -1.24. The van der Waals surface area contributed by atoms with Gasteiger partial charge >= 0.3 is 11.9 Å². The van der Waals surface area contributed by atoms with Crippen LogP contribution < -0.4 is 0 Å². The average molecular weight is 204 g/mol. The monoisotopic (exact) mass is 204 g/mol. The molecule has 0 rings (SSSR count). The maximum absolute atomic E-state index is 10.9. The van der Waals surface area contributed by atoms with Gasteiger partial charge < -0.3 is 14.6 Å². The standard InChI is InChI=1S/C9H16O5/c1-3-13-8(11)6-5-7(10)9(12)14-4-2/h7,10H,3-6H2,1-2H3/t7-/m1/s1. The number of ether oxygens (including phenoxy) is 2. The fraction of sp³-hybridized carbons (Fsp3) is 0.778. The molecule has 82 valence electrons. The lowest BCUT2D eigenvalue weighted by molar-refractivity contribution is -0.154. The second kappa shape index (κ2) is 7.32. The molecule has 1 atom stereocenters. The van der Waals surface area contributed by atoms with Gasteiger partial charge in [0.15, 0.2) is 6.10 Å². The van der Waals surface area contributed by atoms with Crippen molar-refractivity contribution in [2.45, 2.75) is 32.8 Å². The lowest BCUT2D eigenvalue weighted by Crippen LogP contribution is -2.24. The smallest absolute Gasteiger partial charge is 0.334 e. The molecular weight excluding hydrogens is 188 g/mol. The van der Waals surface area contributed by atoms with Crippen molar-refractivity contribution in [3.63, 3.8) is 0 Å². The van der Waals surface area contributed by atoms with E-state index in [1.54, 1.807) is 13.8 Å². The summed E-state index contributed by atoms with van der Waals surface area (Å²) in [5, 5.41) is 9.18. The molecule has 5 heteroatoms. The van der Waals surface area contributed by atoms with Crippen molar-refractivity contribution in [2.75, 3.05) is 13.2 Å². The van der Waals surface area contributed by atoms with Crippen LogP contribution in [-0.4, -0.2) is 36.4 Å². The molecule has 0 aliphatic heterocycles. The molecular formula is C9H16O5. The van der Waals surface area contributed by atoms with Gasteiger partial charge in [-0.15, -0.1) is 0 Å². The Morgan fingerprint density at radius 3 is 2.29 bits per heavy atom. The fourth-order valence-corrected chi connectivity index (χ4v) is 0.844. The zero-order valence-corrected chi connectivity index (χ0v) is 8.49. The normalized spacial score (nSPS) is 11.9. The minimum Gasteiger partial charge on any atom is -0.466 e. The summed E-state index contributed by atoms with van der Waals surface area (Å²) in [6.45, 7) is 3.86. The highest BCUT2D eigenvalue weighted by molar-refractivity contribution is 5.76. The topological polar surface area (TPSA) is 72.8 Å². The van der Waals surface area contributed by atoms with Gasteiger partial charge in [-0.2, -0.15) is 0 Å². The van der Waals surface area contributed by atoms with E-state index in [9.17, 15) is 14.7 Å². The third-order valence-electron chi connectivity index (χ3n) is 1.49. The van der Waals surface area contributed by atoms with Gasteiger partial charge in [-0.3, -0.25) is 4.79 Å². The van der Waals surface area contributed by atoms with Gasteiger partial charge in [0, 0.05) is 6.42 Å². The highest BCUT2D eigenvalue weighted by Crippen LogP contribution is 2.01. The number of rotatable bonds is 6. The summed E-state index contributed by atoms with van der Waals surface area (Å²) in [4.78, 5) is 21.7. The molecule has 0 aliphatic carbocycles. The second-order valence-corrected chi connectivity index (χ2v) is 2.61. The van der Waals surface area contributed by atoms with Crippen molar-refractivity contribution in [1.29, 1.82) is 0 Å². The van der Waals surface area contributed by atoms with E-state index in [0.29, 0.717) is 6.61 Å². The van der Waals surface area contributed by atoms with Crippen LogP contribution >= 0.6 is 0 Å². The van der Waals surface area contributed by atoms with Crippen LogP contribution in [0.25, 0.3) is 0 Å². The summed E-state index contributed by atoms with van der Waals surface area (Å²) in [5.41, 5.74) is 0. The summed E-state index contributed by atoms with van der Waals surface area (Å²) >= 11 is 0. The Morgan fingerprint density at radius 2 is 1.79 bits per heavy atom. The quantitative estimate of drug-likeness (QED) is 0.628. The Hall–Kier alpha value is -1.10. The van der Waals surface area contributed by atoms with E-state index >= 15 is 0 Å². The summed E-state index contributed by atoms with van der Waals surface area (Å²) in [6.07, 6.45) is -1.18. The number of hydrogen-bond acceptors (Lipinski definition) is 5. The molecule has 14 heavy (non-hydrogen) atoms. The largest absolute Gasteiger partial charge is 0.466 e. The van der Waals surface area contributed by atoms with Crippen molar-refractivity contribution in [3.05, 3.63) is 0 Å². The van der Waals surface area contributed by atoms with Gasteiger partial charge in [0.25, 0.3) is 0 Å². The summed E-state index contributed by atoms with van der Waals surface area (Å²) < 4.78 is 9.18. The molecule has 0 bridgehead atoms. The third kappa shape index (κ3) is 5.53. The molecule has 0 aromatic heterocycles. The molecule has 0 aliphatic rings. The SMILES string of the molecule is CCOC(=O)CC[C@@H](O)C(=O)OCC. The van der Waals surface area contributed by atoms with Crippen LogP contribution in [0, 0.1) is 0 Å². The van der Waals surface area contributed by atoms with Crippen LogP contribution in [-0.2, 0) is 19.1 Å². The number of aliphatic hydroxyl groups is 1. The number of aliphatic hydroxyl groups excluding tert-OH is 1. The van der Waals surface area contributed by atoms with Gasteiger partial charge in [0.2, 0.25) is 0 Å². The summed E-state index contributed by atoms with van der Waals surface area (Å²) in [6, 6.07) is 0. The average Bonchev–Trinajstić information content (AvgIpc) is 2.15. The molecule has 0 amide bonds. The first kappa shape index (κ1) is 12.9. The molecule has 0 aromatic rings. The lowest BCUT2D eigenvalue weighted by Gasteiger charge is -2.08. The number of esters is 2. The Balaban J connectivity index is 3.67. The minimum absolute atomic E-state index is 0.0216. The maximum atomic E-state index is 10.9. The first-order valence-corrected chi connectivity index (χ1v) is 4.62. The molecule has 1 N–H and O–H groups in total. The van der Waals surface area contributed by atoms with Crippen LogP contribution in [0.15, 0.2) is 0 Å². The molecule has 0 radical (unpaired) electrons. The molecule has 0 fully saturated rings. The van der Waals surface area contributed by atoms with E-state index in [1.807, 2.05) is 0 Å². The first-order chi connectivity index (χ1) is 6.61. The predicted molar refractivity (Wildman–Crippen MR) is 48.5 cm³/mol. The first-order valence-electron chi connectivity index (χ1n) is 4.62. The van der Waals surface area contributed by atoms with Gasteiger partial charge in [0.05, 0.1) is 13.2 Å². The van der Waals surface area contributed by atoms with E-state index < -0.39 is 18.0 Å². The summed E-state index contributed by atoms with van der Waals surface area (Å²) in [5.74, 6) is -1.12. The van der Waals surface area contributed by atoms with Crippen molar-refractivity contribution in [2.24, 2.45) is 0 Å². The van der Waals surface area contributed by atoms with E-state index in [-0.39, 0.29) is 19.4 Å². The van der Waals surface area contributed by atoms with E-state index in [0.717, 1.165) is 0 Å². The highest BCUT2D eigenvalue weighted by Gasteiger charge is 2.17. The molecule has 0 unspecified atom stereocenters. The molecule has 5 nitrogen and oxygen atoms in total. The Bertz CT molecular complexity index is 190. The van der Waals surface area contributed by atoms with Crippen molar-refractivity contribution in [3.8, 4) is 0 Å². The Kier molecular flexibility index (Phi) is 6.74. The zero-order chi connectivity index (χ0) is 11.0. The van der Waals surface area contributed by atoms with Crippen molar-refractivity contribution < 1.29 is 24.2 Å². The fourth-order valence-electron chi connectivity index (χ4n) is 0.844. The van der Waals surface area contributed by atoms with E-state index in [4.69, 9.17) is 0 Å². The lowest BCUT2D eigenvalue weighted by atomic mass is 10.2. The van der Waals surface area contributed by atoms with Crippen LogP contribution in [0.1, 0.15) is 26.7 Å². The van der Waals surface area contributed by atoms with Gasteiger partial charge in [-0.1, -0.05) is 0 Å². The zero-order valence-electron chi connectivity index (χ0n) is 8.49. The van der Waals surface area contributed by atoms with E-state index in [1.165, 1.54) is 0 Å². The second-order valence-electron chi connectivity index (χ2n) is 2.61. The third-order valence-corrected chi connectivity index (χ3v) is 1.49. The van der Waals surface area contributed by atoms with Gasteiger partial charge in [-0.25, -0.2) is 4.79 Å². The molecule has 0 spiro atoms. The number of carbonyl (C=O) groups excluding carboxylic acids is 2. The molecule has 0 heterocycles. The number of hydrogen-bond donors (Lipinski definition) is 1. The van der Waals surface area contributed by atoms with Crippen LogP contribution in [0.2, 0.25) is 0 Å². The molecule has 0 aromatic carbocycles. The maximum Gasteiger partial charge on any atom is 0.334 e. The summed E-state index contributed by atoms with van der Waals surface area (Å²) in [7, 11) is 0. The predicted octanol–water partition coefficient (Wildman–Crippen LogP) is 0.254. The number of carbonyl (C=O) groups is 2. The van der Waals surface area contributed by atoms with Crippen molar-refractivity contribution in [1.82, 2.24) is 0 Å². The van der Waals surface area contributed by atoms with Gasteiger partial charge in [0.1, 0.15) is 0 Å².